The van der Waals surface area contributed by atoms with Gasteiger partial charge in [-0.3, -0.25) is 4.79 Å². The fourth-order valence-electron chi connectivity index (χ4n) is 1.48. The Bertz CT molecular complexity index is 625. The third-order valence-corrected chi connectivity index (χ3v) is 3.62. The first kappa shape index (κ1) is 15.1. The van der Waals surface area contributed by atoms with Crippen LogP contribution in [0.15, 0.2) is 35.6 Å². The average Bonchev–Trinajstić information content (AvgIpc) is 2.98. The number of anilines is 1. The zero-order valence-electron chi connectivity index (χ0n) is 11.4. The van der Waals surface area contributed by atoms with Crippen LogP contribution in [0.5, 0.6) is 0 Å². The molecule has 1 heterocycles. The van der Waals surface area contributed by atoms with Crippen molar-refractivity contribution in [2.45, 2.75) is 13.0 Å². The smallest absolute Gasteiger partial charge is 0.183 e. The van der Waals surface area contributed by atoms with Crippen LogP contribution in [0.3, 0.4) is 0 Å². The lowest BCUT2D eigenvalue weighted by atomic mass is 10.2. The van der Waals surface area contributed by atoms with E-state index in [-0.39, 0.29) is 24.6 Å². The van der Waals surface area contributed by atoms with Crippen molar-refractivity contribution in [3.05, 3.63) is 46.7 Å². The SMILES string of the molecule is CNc1ncc(C(=O)C/C=N/OCc2ccc(F)cc2)s1. The fraction of sp³-hybridized carbons (Fsp3) is 0.214. The summed E-state index contributed by atoms with van der Waals surface area (Å²) in [5.41, 5.74) is 0.806. The quantitative estimate of drug-likeness (QED) is 0.485. The van der Waals surface area contributed by atoms with Gasteiger partial charge < -0.3 is 10.2 Å². The molecule has 0 aliphatic heterocycles. The molecule has 0 fully saturated rings. The highest BCUT2D eigenvalue weighted by Gasteiger charge is 2.08. The summed E-state index contributed by atoms with van der Waals surface area (Å²) in [7, 11) is 1.75. The first-order chi connectivity index (χ1) is 10.2. The lowest BCUT2D eigenvalue weighted by Crippen LogP contribution is -1.97. The van der Waals surface area contributed by atoms with Gasteiger partial charge in [0.15, 0.2) is 10.9 Å². The van der Waals surface area contributed by atoms with Crippen LogP contribution < -0.4 is 5.32 Å². The number of thiazole rings is 1. The van der Waals surface area contributed by atoms with Gasteiger partial charge in [-0.05, 0) is 17.7 Å². The van der Waals surface area contributed by atoms with E-state index in [1.807, 2.05) is 0 Å². The molecule has 0 saturated heterocycles. The van der Waals surface area contributed by atoms with E-state index in [1.165, 1.54) is 35.9 Å². The Labute approximate surface area is 125 Å². The number of benzene rings is 1. The van der Waals surface area contributed by atoms with Crippen LogP contribution in [0.25, 0.3) is 0 Å². The molecular formula is C14H14FN3O2S. The fourth-order valence-corrected chi connectivity index (χ4v) is 2.20. The van der Waals surface area contributed by atoms with E-state index in [0.717, 1.165) is 5.56 Å². The minimum absolute atomic E-state index is 0.0665. The Hall–Kier alpha value is -2.28. The van der Waals surface area contributed by atoms with Crippen molar-refractivity contribution < 1.29 is 14.0 Å². The maximum absolute atomic E-state index is 12.7. The summed E-state index contributed by atoms with van der Waals surface area (Å²) < 4.78 is 12.7. The lowest BCUT2D eigenvalue weighted by Gasteiger charge is -1.99. The Morgan fingerprint density at radius 1 is 1.48 bits per heavy atom. The van der Waals surface area contributed by atoms with E-state index >= 15 is 0 Å². The van der Waals surface area contributed by atoms with E-state index in [4.69, 9.17) is 4.84 Å². The number of hydrogen-bond acceptors (Lipinski definition) is 6. The molecule has 21 heavy (non-hydrogen) atoms. The number of oxime groups is 1. The molecule has 110 valence electrons. The molecule has 7 heteroatoms. The molecule has 1 N–H and O–H groups in total. The number of ketones is 1. The van der Waals surface area contributed by atoms with Crippen LogP contribution in [-0.4, -0.2) is 24.0 Å². The minimum Gasteiger partial charge on any atom is -0.391 e. The van der Waals surface area contributed by atoms with E-state index in [1.54, 1.807) is 19.2 Å². The van der Waals surface area contributed by atoms with Crippen molar-refractivity contribution in [2.24, 2.45) is 5.16 Å². The molecule has 1 aromatic carbocycles. The number of carbonyl (C=O) groups excluding carboxylic acids is 1. The van der Waals surface area contributed by atoms with E-state index in [0.29, 0.717) is 10.0 Å². The predicted molar refractivity (Wildman–Crippen MR) is 80.3 cm³/mol. The summed E-state index contributed by atoms with van der Waals surface area (Å²) in [4.78, 5) is 21.4. The van der Waals surface area contributed by atoms with Gasteiger partial charge in [-0.2, -0.15) is 0 Å². The maximum Gasteiger partial charge on any atom is 0.183 e. The molecule has 0 aliphatic carbocycles. The lowest BCUT2D eigenvalue weighted by molar-refractivity contribution is 0.0999. The van der Waals surface area contributed by atoms with Crippen molar-refractivity contribution in [1.82, 2.24) is 4.98 Å². The normalized spacial score (nSPS) is 10.8. The molecule has 2 aromatic rings. The van der Waals surface area contributed by atoms with Gasteiger partial charge in [0.2, 0.25) is 0 Å². The van der Waals surface area contributed by atoms with Gasteiger partial charge in [0.1, 0.15) is 12.4 Å². The number of nitrogens with zero attached hydrogens (tertiary/aromatic N) is 2. The standard InChI is InChI=1S/C14H14FN3O2S/c1-16-14-17-8-13(21-14)12(19)6-7-18-20-9-10-2-4-11(15)5-3-10/h2-5,7-8H,6,9H2,1H3,(H,16,17)/b18-7+. The number of nitrogens with one attached hydrogen (secondary N) is 1. The average molecular weight is 307 g/mol. The Morgan fingerprint density at radius 2 is 2.24 bits per heavy atom. The Balaban J connectivity index is 1.74. The number of halogens is 1. The molecule has 0 atom stereocenters. The molecule has 0 amide bonds. The summed E-state index contributed by atoms with van der Waals surface area (Å²) in [6.07, 6.45) is 3.09. The molecule has 2 rings (SSSR count). The Morgan fingerprint density at radius 3 is 2.90 bits per heavy atom. The third kappa shape index (κ3) is 4.64. The first-order valence-corrected chi connectivity index (χ1v) is 7.05. The third-order valence-electron chi connectivity index (χ3n) is 2.56. The topological polar surface area (TPSA) is 63.6 Å². The molecule has 0 bridgehead atoms. The van der Waals surface area contributed by atoms with E-state index in [9.17, 15) is 9.18 Å². The second-order valence-corrected chi connectivity index (χ2v) is 5.13. The number of aromatic nitrogens is 1. The van der Waals surface area contributed by atoms with Gasteiger partial charge in [-0.1, -0.05) is 28.6 Å². The molecule has 0 spiro atoms. The molecule has 0 aliphatic rings. The highest BCUT2D eigenvalue weighted by Crippen LogP contribution is 2.18. The van der Waals surface area contributed by atoms with Gasteiger partial charge in [0, 0.05) is 7.05 Å². The van der Waals surface area contributed by atoms with E-state index in [2.05, 4.69) is 15.5 Å². The number of carbonyl (C=O) groups is 1. The molecular weight excluding hydrogens is 293 g/mol. The first-order valence-electron chi connectivity index (χ1n) is 6.24. The molecule has 5 nitrogen and oxygen atoms in total. The van der Waals surface area contributed by atoms with Crippen molar-refractivity contribution >= 4 is 28.5 Å². The van der Waals surface area contributed by atoms with Crippen molar-refractivity contribution in [1.29, 1.82) is 0 Å². The van der Waals surface area contributed by atoms with Crippen molar-refractivity contribution in [3.8, 4) is 0 Å². The van der Waals surface area contributed by atoms with Gasteiger partial charge in [-0.15, -0.1) is 0 Å². The zero-order chi connectivity index (χ0) is 15.1. The summed E-state index contributed by atoms with van der Waals surface area (Å²) in [6, 6.07) is 5.95. The maximum atomic E-state index is 12.7. The van der Waals surface area contributed by atoms with Crippen molar-refractivity contribution in [3.63, 3.8) is 0 Å². The van der Waals surface area contributed by atoms with Crippen molar-refractivity contribution in [2.75, 3.05) is 12.4 Å². The van der Waals surface area contributed by atoms with Crippen LogP contribution in [0.2, 0.25) is 0 Å². The second-order valence-electron chi connectivity index (χ2n) is 4.09. The van der Waals surface area contributed by atoms with Crippen LogP contribution in [0, 0.1) is 5.82 Å². The molecule has 0 radical (unpaired) electrons. The summed E-state index contributed by atoms with van der Waals surface area (Å²) in [5, 5.41) is 7.28. The monoisotopic (exact) mass is 307 g/mol. The molecule has 0 unspecified atom stereocenters. The van der Waals surface area contributed by atoms with Crippen LogP contribution in [-0.2, 0) is 11.4 Å². The van der Waals surface area contributed by atoms with Gasteiger partial charge in [-0.25, -0.2) is 9.37 Å². The zero-order valence-corrected chi connectivity index (χ0v) is 12.2. The molecule has 1 aromatic heterocycles. The summed E-state index contributed by atoms with van der Waals surface area (Å²) in [6.45, 7) is 0.232. The van der Waals surface area contributed by atoms with Crippen LogP contribution in [0.4, 0.5) is 9.52 Å². The number of Topliss-reactive ketones (excluding diaryl/α,β-unsaturated/α-hetero) is 1. The van der Waals surface area contributed by atoms with Gasteiger partial charge in [0.05, 0.1) is 23.7 Å². The number of hydrogen-bond donors (Lipinski definition) is 1. The summed E-state index contributed by atoms with van der Waals surface area (Å²) in [5.74, 6) is -0.360. The predicted octanol–water partition coefficient (Wildman–Crippen LogP) is 3.10. The van der Waals surface area contributed by atoms with Crippen LogP contribution in [0.1, 0.15) is 21.7 Å². The minimum atomic E-state index is -0.293. The Kier molecular flexibility index (Phi) is 5.39. The summed E-state index contributed by atoms with van der Waals surface area (Å²) >= 11 is 1.29. The van der Waals surface area contributed by atoms with Gasteiger partial charge >= 0.3 is 0 Å². The largest absolute Gasteiger partial charge is 0.391 e. The number of rotatable bonds is 7. The highest BCUT2D eigenvalue weighted by atomic mass is 32.1. The van der Waals surface area contributed by atoms with E-state index < -0.39 is 0 Å². The van der Waals surface area contributed by atoms with Crippen LogP contribution >= 0.6 is 11.3 Å². The second kappa shape index (κ2) is 7.49. The highest BCUT2D eigenvalue weighted by molar-refractivity contribution is 7.17. The van der Waals surface area contributed by atoms with Gasteiger partial charge in [0.25, 0.3) is 0 Å². The molecule has 0 saturated carbocycles.